The van der Waals surface area contributed by atoms with Crippen LogP contribution in [0.3, 0.4) is 0 Å². The molecule has 1 unspecified atom stereocenters. The van der Waals surface area contributed by atoms with E-state index in [-0.39, 0.29) is 0 Å². The van der Waals surface area contributed by atoms with Crippen LogP contribution in [0.2, 0.25) is 0 Å². The molecule has 1 aromatic carbocycles. The van der Waals surface area contributed by atoms with Crippen LogP contribution in [0.25, 0.3) is 0 Å². The first-order valence-electron chi connectivity index (χ1n) is 6.84. The lowest BCUT2D eigenvalue weighted by Gasteiger charge is -2.23. The molecular weight excluding hydrogens is 204 g/mol. The Bertz CT molecular complexity index is 355. The van der Waals surface area contributed by atoms with Gasteiger partial charge in [0, 0.05) is 0 Å². The summed E-state index contributed by atoms with van der Waals surface area (Å²) in [6, 6.07) is 6.68. The fourth-order valence-electron chi connectivity index (χ4n) is 2.63. The second-order valence-electron chi connectivity index (χ2n) is 6.77. The maximum atomic E-state index is 2.39. The van der Waals surface area contributed by atoms with Crippen LogP contribution in [0.1, 0.15) is 57.2 Å². The van der Waals surface area contributed by atoms with Gasteiger partial charge in [-0.2, -0.15) is 0 Å². The van der Waals surface area contributed by atoms with Crippen LogP contribution >= 0.6 is 0 Å². The van der Waals surface area contributed by atoms with Crippen LogP contribution in [0.5, 0.6) is 0 Å². The zero-order valence-electron chi connectivity index (χ0n) is 12.4. The van der Waals surface area contributed by atoms with E-state index in [4.69, 9.17) is 0 Å². The van der Waals surface area contributed by atoms with Crippen molar-refractivity contribution in [3.8, 4) is 0 Å². The fraction of sp³-hybridized carbons (Fsp3) is 0.647. The lowest BCUT2D eigenvalue weighted by molar-refractivity contribution is 0.297. The Morgan fingerprint density at radius 1 is 1.12 bits per heavy atom. The first-order valence-corrected chi connectivity index (χ1v) is 6.84. The van der Waals surface area contributed by atoms with Gasteiger partial charge in [0.25, 0.3) is 0 Å². The van der Waals surface area contributed by atoms with E-state index in [0.29, 0.717) is 5.41 Å². The normalized spacial score (nSPS) is 13.8. The first kappa shape index (κ1) is 14.3. The third kappa shape index (κ3) is 4.93. The van der Waals surface area contributed by atoms with Crippen LogP contribution in [0.4, 0.5) is 0 Å². The van der Waals surface area contributed by atoms with Crippen LogP contribution < -0.4 is 0 Å². The Morgan fingerprint density at radius 3 is 2.35 bits per heavy atom. The molecule has 0 aliphatic carbocycles. The van der Waals surface area contributed by atoms with Crippen molar-refractivity contribution in [3.05, 3.63) is 34.9 Å². The van der Waals surface area contributed by atoms with Gasteiger partial charge in [-0.15, -0.1) is 0 Å². The molecule has 1 atom stereocenters. The minimum Gasteiger partial charge on any atom is -0.0625 e. The van der Waals surface area contributed by atoms with E-state index in [9.17, 15) is 0 Å². The number of rotatable bonds is 4. The molecule has 1 aromatic rings. The summed E-state index contributed by atoms with van der Waals surface area (Å²) in [5, 5.41) is 0. The Labute approximate surface area is 107 Å². The molecule has 0 aliphatic heterocycles. The Kier molecular flexibility index (Phi) is 4.80. The van der Waals surface area contributed by atoms with Gasteiger partial charge in [-0.1, -0.05) is 45.9 Å². The van der Waals surface area contributed by atoms with Gasteiger partial charge in [0.2, 0.25) is 0 Å². The van der Waals surface area contributed by atoms with Gasteiger partial charge in [0.15, 0.2) is 0 Å². The Morgan fingerprint density at radius 2 is 1.76 bits per heavy atom. The van der Waals surface area contributed by atoms with E-state index in [1.807, 2.05) is 0 Å². The van der Waals surface area contributed by atoms with Crippen LogP contribution in [0, 0.1) is 25.2 Å². The van der Waals surface area contributed by atoms with Crippen LogP contribution in [-0.4, -0.2) is 0 Å². The highest BCUT2D eigenvalue weighted by atomic mass is 14.2. The summed E-state index contributed by atoms with van der Waals surface area (Å²) >= 11 is 0. The minimum atomic E-state index is 0.459. The fourth-order valence-corrected chi connectivity index (χ4v) is 2.63. The predicted octanol–water partition coefficient (Wildman–Crippen LogP) is 5.31. The molecule has 96 valence electrons. The van der Waals surface area contributed by atoms with Crippen molar-refractivity contribution in [2.45, 2.75) is 60.8 Å². The van der Waals surface area contributed by atoms with Crippen molar-refractivity contribution >= 4 is 0 Å². The smallest absolute Gasteiger partial charge is 0.0274 e. The van der Waals surface area contributed by atoms with Crippen molar-refractivity contribution in [2.24, 2.45) is 11.3 Å². The Hall–Kier alpha value is -0.780. The largest absolute Gasteiger partial charge is 0.0625 e. The number of benzene rings is 1. The van der Waals surface area contributed by atoms with Gasteiger partial charge >= 0.3 is 0 Å². The van der Waals surface area contributed by atoms with Crippen molar-refractivity contribution < 1.29 is 0 Å². The van der Waals surface area contributed by atoms with Crippen molar-refractivity contribution in [2.75, 3.05) is 0 Å². The molecule has 0 N–H and O–H groups in total. The standard InChI is InChI=1S/C17H28/c1-13(12-17(4,5)6)10-11-16-9-7-8-14(2)15(16)3/h7-9,13H,10-12H2,1-6H3. The van der Waals surface area contributed by atoms with E-state index in [0.717, 1.165) is 5.92 Å². The molecule has 0 heteroatoms. The molecule has 1 rings (SSSR count). The van der Waals surface area contributed by atoms with Gasteiger partial charge in [0.1, 0.15) is 0 Å². The summed E-state index contributed by atoms with van der Waals surface area (Å²) in [5.74, 6) is 0.815. The molecule has 0 heterocycles. The molecule has 0 aromatic heterocycles. The van der Waals surface area contributed by atoms with E-state index in [1.165, 1.54) is 36.0 Å². The zero-order valence-corrected chi connectivity index (χ0v) is 12.4. The first-order chi connectivity index (χ1) is 7.79. The van der Waals surface area contributed by atoms with Crippen molar-refractivity contribution in [1.29, 1.82) is 0 Å². The van der Waals surface area contributed by atoms with Gasteiger partial charge in [0.05, 0.1) is 0 Å². The summed E-state index contributed by atoms with van der Waals surface area (Å²) in [6.07, 6.45) is 3.85. The molecule has 0 saturated carbocycles. The van der Waals surface area contributed by atoms with Crippen LogP contribution in [-0.2, 0) is 6.42 Å². The highest BCUT2D eigenvalue weighted by Gasteiger charge is 2.15. The Balaban J connectivity index is 2.53. The highest BCUT2D eigenvalue weighted by Crippen LogP contribution is 2.27. The average Bonchev–Trinajstić information content (AvgIpc) is 2.18. The average molecular weight is 232 g/mol. The quantitative estimate of drug-likeness (QED) is 0.660. The molecule has 17 heavy (non-hydrogen) atoms. The molecule has 0 saturated heterocycles. The minimum absolute atomic E-state index is 0.459. The molecule has 0 aliphatic rings. The maximum absolute atomic E-state index is 2.39. The molecule has 0 amide bonds. The summed E-state index contributed by atoms with van der Waals surface area (Å²) in [7, 11) is 0. The summed E-state index contributed by atoms with van der Waals surface area (Å²) in [5.41, 5.74) is 4.90. The van der Waals surface area contributed by atoms with Gasteiger partial charge in [-0.05, 0) is 61.1 Å². The van der Waals surface area contributed by atoms with Crippen molar-refractivity contribution in [1.82, 2.24) is 0 Å². The van der Waals surface area contributed by atoms with E-state index in [2.05, 4.69) is 59.7 Å². The third-order valence-corrected chi connectivity index (χ3v) is 3.58. The summed E-state index contributed by atoms with van der Waals surface area (Å²) in [4.78, 5) is 0. The molecular formula is C17H28. The zero-order chi connectivity index (χ0) is 13.1. The van der Waals surface area contributed by atoms with Gasteiger partial charge < -0.3 is 0 Å². The molecule has 0 nitrogen and oxygen atoms in total. The van der Waals surface area contributed by atoms with Crippen LogP contribution in [0.15, 0.2) is 18.2 Å². The molecule has 0 fully saturated rings. The van der Waals surface area contributed by atoms with E-state index < -0.39 is 0 Å². The maximum Gasteiger partial charge on any atom is -0.0274 e. The van der Waals surface area contributed by atoms with Crippen molar-refractivity contribution in [3.63, 3.8) is 0 Å². The van der Waals surface area contributed by atoms with E-state index >= 15 is 0 Å². The third-order valence-electron chi connectivity index (χ3n) is 3.58. The molecule has 0 spiro atoms. The number of aryl methyl sites for hydroxylation is 2. The topological polar surface area (TPSA) is 0 Å². The lowest BCUT2D eigenvalue weighted by atomic mass is 9.83. The lowest BCUT2D eigenvalue weighted by Crippen LogP contribution is -2.11. The molecule has 0 bridgehead atoms. The highest BCUT2D eigenvalue weighted by molar-refractivity contribution is 5.33. The molecule has 0 radical (unpaired) electrons. The number of hydrogen-bond donors (Lipinski definition) is 0. The van der Waals surface area contributed by atoms with Gasteiger partial charge in [-0.3, -0.25) is 0 Å². The summed E-state index contributed by atoms with van der Waals surface area (Å²) < 4.78 is 0. The second-order valence-corrected chi connectivity index (χ2v) is 6.77. The predicted molar refractivity (Wildman–Crippen MR) is 77.5 cm³/mol. The monoisotopic (exact) mass is 232 g/mol. The number of hydrogen-bond acceptors (Lipinski definition) is 0. The SMILES string of the molecule is Cc1cccc(CCC(C)CC(C)(C)C)c1C. The van der Waals surface area contributed by atoms with E-state index in [1.54, 1.807) is 0 Å². The van der Waals surface area contributed by atoms with Gasteiger partial charge in [-0.25, -0.2) is 0 Å². The second kappa shape index (κ2) is 5.71. The summed E-state index contributed by atoms with van der Waals surface area (Å²) in [6.45, 7) is 13.8.